The van der Waals surface area contributed by atoms with Gasteiger partial charge in [0.2, 0.25) is 5.82 Å². The first kappa shape index (κ1) is 10.3. The Labute approximate surface area is 84.3 Å². The second-order valence-electron chi connectivity index (χ2n) is 3.54. The van der Waals surface area contributed by atoms with Crippen molar-refractivity contribution in [2.45, 2.75) is 25.0 Å². The molecule has 82 valence electrons. The summed E-state index contributed by atoms with van der Waals surface area (Å²) in [5, 5.41) is 8.96. The lowest BCUT2D eigenvalue weighted by molar-refractivity contribution is -0.0127. The summed E-state index contributed by atoms with van der Waals surface area (Å²) in [6.45, 7) is 0. The minimum absolute atomic E-state index is 0.314. The summed E-state index contributed by atoms with van der Waals surface area (Å²) in [5.74, 6) is -4.41. The molecular weight excluding hydrogens is 209 g/mol. The van der Waals surface area contributed by atoms with Crippen LogP contribution in [0.1, 0.15) is 12.8 Å². The van der Waals surface area contributed by atoms with E-state index in [1.54, 1.807) is 0 Å². The van der Waals surface area contributed by atoms with Gasteiger partial charge in [-0.2, -0.15) is 4.39 Å². The summed E-state index contributed by atoms with van der Waals surface area (Å²) in [6, 6.07) is 1.85. The van der Waals surface area contributed by atoms with Crippen molar-refractivity contribution >= 4 is 0 Å². The molecule has 0 bridgehead atoms. The van der Waals surface area contributed by atoms with Crippen molar-refractivity contribution in [2.75, 3.05) is 0 Å². The number of rotatable bonds is 2. The lowest BCUT2D eigenvalue weighted by atomic mass is 9.92. The number of ether oxygens (including phenoxy) is 1. The predicted octanol–water partition coefficient (Wildman–Crippen LogP) is 2.01. The van der Waals surface area contributed by atoms with E-state index in [0.717, 1.165) is 12.1 Å². The predicted molar refractivity (Wildman–Crippen MR) is 46.0 cm³/mol. The molecule has 1 aliphatic rings. The second kappa shape index (κ2) is 3.73. The zero-order valence-electron chi connectivity index (χ0n) is 7.71. The minimum atomic E-state index is -1.53. The Kier molecular flexibility index (Phi) is 2.56. The highest BCUT2D eigenvalue weighted by atomic mass is 19.2. The average molecular weight is 218 g/mol. The molecule has 5 heteroatoms. The van der Waals surface area contributed by atoms with Gasteiger partial charge in [0.25, 0.3) is 0 Å². The Balaban J connectivity index is 2.12. The molecule has 0 aromatic heterocycles. The van der Waals surface area contributed by atoms with E-state index in [2.05, 4.69) is 0 Å². The van der Waals surface area contributed by atoms with Crippen molar-refractivity contribution in [3.8, 4) is 5.75 Å². The molecule has 1 aliphatic carbocycles. The van der Waals surface area contributed by atoms with E-state index in [9.17, 15) is 13.2 Å². The number of hydrogen-bond acceptors (Lipinski definition) is 2. The van der Waals surface area contributed by atoms with Crippen LogP contribution < -0.4 is 4.74 Å². The summed E-state index contributed by atoms with van der Waals surface area (Å²) in [7, 11) is 0. The Morgan fingerprint density at radius 3 is 2.40 bits per heavy atom. The van der Waals surface area contributed by atoms with Gasteiger partial charge in [-0.3, -0.25) is 0 Å². The van der Waals surface area contributed by atoms with Gasteiger partial charge >= 0.3 is 0 Å². The number of halogens is 3. The van der Waals surface area contributed by atoms with Gasteiger partial charge in [-0.15, -0.1) is 0 Å². The molecule has 15 heavy (non-hydrogen) atoms. The first-order chi connectivity index (χ1) is 7.08. The highest BCUT2D eigenvalue weighted by Crippen LogP contribution is 2.29. The summed E-state index contributed by atoms with van der Waals surface area (Å²) in [5.41, 5.74) is 0. The van der Waals surface area contributed by atoms with Crippen LogP contribution in [0.4, 0.5) is 13.2 Å². The van der Waals surface area contributed by atoms with Gasteiger partial charge in [-0.25, -0.2) is 8.78 Å². The van der Waals surface area contributed by atoms with E-state index >= 15 is 0 Å². The maximum atomic E-state index is 13.1. The van der Waals surface area contributed by atoms with Crippen LogP contribution in [0.3, 0.4) is 0 Å². The smallest absolute Gasteiger partial charge is 0.203 e. The summed E-state index contributed by atoms with van der Waals surface area (Å²) >= 11 is 0. The van der Waals surface area contributed by atoms with Crippen molar-refractivity contribution in [1.29, 1.82) is 0 Å². The highest BCUT2D eigenvalue weighted by Gasteiger charge is 2.30. The number of benzene rings is 1. The summed E-state index contributed by atoms with van der Waals surface area (Å²) in [4.78, 5) is 0. The van der Waals surface area contributed by atoms with Gasteiger partial charge in [0.1, 0.15) is 6.10 Å². The fourth-order valence-corrected chi connectivity index (χ4v) is 1.41. The molecule has 1 aromatic carbocycles. The van der Waals surface area contributed by atoms with Crippen LogP contribution in [0.2, 0.25) is 0 Å². The van der Waals surface area contributed by atoms with E-state index in [1.807, 2.05) is 0 Å². The minimum Gasteiger partial charge on any atom is -0.487 e. The van der Waals surface area contributed by atoms with Gasteiger partial charge in [0, 0.05) is 12.8 Å². The van der Waals surface area contributed by atoms with Gasteiger partial charge in [0.15, 0.2) is 17.4 Å². The molecule has 0 radical (unpaired) electrons. The molecule has 1 fully saturated rings. The van der Waals surface area contributed by atoms with Gasteiger partial charge in [0.05, 0.1) is 6.10 Å². The fourth-order valence-electron chi connectivity index (χ4n) is 1.41. The van der Waals surface area contributed by atoms with Crippen LogP contribution in [0, 0.1) is 17.5 Å². The van der Waals surface area contributed by atoms with Crippen LogP contribution in [-0.4, -0.2) is 17.3 Å². The van der Waals surface area contributed by atoms with Gasteiger partial charge in [-0.1, -0.05) is 0 Å². The lowest BCUT2D eigenvalue weighted by Gasteiger charge is -2.31. The van der Waals surface area contributed by atoms with Crippen LogP contribution >= 0.6 is 0 Å². The second-order valence-corrected chi connectivity index (χ2v) is 3.54. The van der Waals surface area contributed by atoms with E-state index in [-0.39, 0.29) is 11.9 Å². The third-order valence-corrected chi connectivity index (χ3v) is 2.36. The Hall–Kier alpha value is -1.23. The van der Waals surface area contributed by atoms with Gasteiger partial charge < -0.3 is 9.84 Å². The van der Waals surface area contributed by atoms with E-state index in [1.165, 1.54) is 0 Å². The zero-order chi connectivity index (χ0) is 11.0. The Morgan fingerprint density at radius 2 is 1.80 bits per heavy atom. The van der Waals surface area contributed by atoms with Crippen LogP contribution in [0.5, 0.6) is 5.75 Å². The first-order valence-electron chi connectivity index (χ1n) is 4.56. The maximum absolute atomic E-state index is 13.1. The topological polar surface area (TPSA) is 29.5 Å². The van der Waals surface area contributed by atoms with Crippen molar-refractivity contribution in [3.05, 3.63) is 29.6 Å². The fraction of sp³-hybridized carbons (Fsp3) is 0.400. The van der Waals surface area contributed by atoms with Crippen LogP contribution in [0.25, 0.3) is 0 Å². The molecule has 0 saturated heterocycles. The van der Waals surface area contributed by atoms with E-state index < -0.39 is 23.6 Å². The quantitative estimate of drug-likeness (QED) is 0.769. The first-order valence-corrected chi connectivity index (χ1v) is 4.56. The molecule has 0 heterocycles. The largest absolute Gasteiger partial charge is 0.487 e. The van der Waals surface area contributed by atoms with Crippen molar-refractivity contribution in [2.24, 2.45) is 0 Å². The van der Waals surface area contributed by atoms with Crippen molar-refractivity contribution in [3.63, 3.8) is 0 Å². The molecule has 2 rings (SSSR count). The summed E-state index contributed by atoms with van der Waals surface area (Å²) in [6.07, 6.45) is 0.0133. The normalized spacial score (nSPS) is 24.8. The molecule has 0 aliphatic heterocycles. The monoisotopic (exact) mass is 218 g/mol. The number of aliphatic hydroxyl groups excluding tert-OH is 1. The molecule has 1 saturated carbocycles. The molecule has 2 nitrogen and oxygen atoms in total. The third kappa shape index (κ3) is 1.92. The molecular formula is C10H9F3O2. The van der Waals surface area contributed by atoms with E-state index in [0.29, 0.717) is 12.8 Å². The molecule has 0 spiro atoms. The molecule has 0 unspecified atom stereocenters. The lowest BCUT2D eigenvalue weighted by Crippen LogP contribution is -2.37. The molecule has 1 aromatic rings. The number of hydrogen-bond donors (Lipinski definition) is 1. The average Bonchev–Trinajstić information content (AvgIpc) is 2.16. The van der Waals surface area contributed by atoms with Gasteiger partial charge in [-0.05, 0) is 12.1 Å². The highest BCUT2D eigenvalue weighted by molar-refractivity contribution is 5.26. The molecule has 0 amide bonds. The zero-order valence-corrected chi connectivity index (χ0v) is 7.71. The molecule has 1 N–H and O–H groups in total. The van der Waals surface area contributed by atoms with Crippen LogP contribution in [0.15, 0.2) is 12.1 Å². The maximum Gasteiger partial charge on any atom is 0.203 e. The van der Waals surface area contributed by atoms with Crippen LogP contribution in [-0.2, 0) is 0 Å². The molecule has 0 atom stereocenters. The Morgan fingerprint density at radius 1 is 1.13 bits per heavy atom. The summed E-state index contributed by atoms with van der Waals surface area (Å²) < 4.78 is 43.4. The van der Waals surface area contributed by atoms with Crippen molar-refractivity contribution in [1.82, 2.24) is 0 Å². The van der Waals surface area contributed by atoms with Crippen molar-refractivity contribution < 1.29 is 23.0 Å². The standard InChI is InChI=1S/C10H9F3O2/c11-7-1-2-8(10(13)9(7)12)15-6-3-5(14)4-6/h1-2,5-6,14H,3-4H2/t5-,6-. The SMILES string of the molecule is O[C@H]1C[C@H](Oc2ccc(F)c(F)c2F)C1. The van der Waals surface area contributed by atoms with E-state index in [4.69, 9.17) is 9.84 Å². The Bertz CT molecular complexity index is 375. The number of aliphatic hydroxyl groups is 1. The third-order valence-electron chi connectivity index (χ3n) is 2.36.